The summed E-state index contributed by atoms with van der Waals surface area (Å²) in [6.45, 7) is 4.19. The van der Waals surface area contributed by atoms with E-state index in [-0.39, 0.29) is 0 Å². The van der Waals surface area contributed by atoms with Gasteiger partial charge in [0.05, 0.1) is 21.3 Å². The van der Waals surface area contributed by atoms with E-state index in [1.54, 1.807) is 33.5 Å². The lowest BCUT2D eigenvalue weighted by atomic mass is 10.1. The van der Waals surface area contributed by atoms with Crippen LogP contribution in [0.4, 0.5) is 0 Å². The third-order valence-electron chi connectivity index (χ3n) is 4.17. The molecule has 0 N–H and O–H groups in total. The van der Waals surface area contributed by atoms with Crippen molar-refractivity contribution in [3.63, 3.8) is 0 Å². The maximum Gasteiger partial charge on any atom is 0.277 e. The van der Waals surface area contributed by atoms with Gasteiger partial charge in [0, 0.05) is 11.3 Å². The van der Waals surface area contributed by atoms with Crippen LogP contribution in [0.15, 0.2) is 40.0 Å². The Morgan fingerprint density at radius 2 is 1.63 bits per heavy atom. The minimum atomic E-state index is 0.401. The fourth-order valence-corrected chi connectivity index (χ4v) is 3.51. The number of benzene rings is 2. The van der Waals surface area contributed by atoms with Crippen LogP contribution < -0.4 is 14.2 Å². The summed E-state index contributed by atoms with van der Waals surface area (Å²) in [5.41, 5.74) is 4.44. The first-order valence-electron chi connectivity index (χ1n) is 8.38. The van der Waals surface area contributed by atoms with E-state index in [0.717, 1.165) is 5.75 Å². The molecule has 3 rings (SSSR count). The molecule has 27 heavy (non-hydrogen) atoms. The van der Waals surface area contributed by atoms with Crippen LogP contribution in [0.3, 0.4) is 0 Å². The minimum Gasteiger partial charge on any atom is -0.493 e. The zero-order valence-corrected chi connectivity index (χ0v) is 16.8. The zero-order chi connectivity index (χ0) is 19.4. The monoisotopic (exact) mass is 386 g/mol. The lowest BCUT2D eigenvalue weighted by molar-refractivity contribution is 0.324. The van der Waals surface area contributed by atoms with Crippen LogP contribution in [0.5, 0.6) is 17.2 Å². The van der Waals surface area contributed by atoms with Crippen molar-refractivity contribution in [1.82, 2.24) is 10.2 Å². The summed E-state index contributed by atoms with van der Waals surface area (Å²) in [5.74, 6) is 2.76. The number of hydrogen-bond donors (Lipinski definition) is 0. The van der Waals surface area contributed by atoms with Gasteiger partial charge < -0.3 is 18.6 Å². The topological polar surface area (TPSA) is 66.6 Å². The molecule has 0 radical (unpaired) electrons. The molecule has 6 nitrogen and oxygen atoms in total. The molecule has 0 aliphatic carbocycles. The molecule has 7 heteroatoms. The quantitative estimate of drug-likeness (QED) is 0.547. The molecule has 1 heterocycles. The Kier molecular flexibility index (Phi) is 5.91. The SMILES string of the molecule is COc1cc(-c2nnc(SCc3cc(C)ccc3C)o2)cc(OC)c1OC. The second kappa shape index (κ2) is 8.35. The fourth-order valence-electron chi connectivity index (χ4n) is 2.68. The Labute approximate surface area is 162 Å². The molecule has 2 aromatic carbocycles. The summed E-state index contributed by atoms with van der Waals surface area (Å²) in [4.78, 5) is 0. The predicted octanol–water partition coefficient (Wildman–Crippen LogP) is 4.67. The van der Waals surface area contributed by atoms with Gasteiger partial charge in [-0.15, -0.1) is 10.2 Å². The summed E-state index contributed by atoms with van der Waals surface area (Å²) >= 11 is 1.51. The molecule has 3 aromatic rings. The first-order valence-corrected chi connectivity index (χ1v) is 9.37. The lowest BCUT2D eigenvalue weighted by Gasteiger charge is -2.12. The van der Waals surface area contributed by atoms with E-state index >= 15 is 0 Å². The Hall–Kier alpha value is -2.67. The number of aromatic nitrogens is 2. The van der Waals surface area contributed by atoms with Crippen molar-refractivity contribution in [2.75, 3.05) is 21.3 Å². The molecular weight excluding hydrogens is 364 g/mol. The highest BCUT2D eigenvalue weighted by atomic mass is 32.2. The summed E-state index contributed by atoms with van der Waals surface area (Å²) in [5, 5.41) is 8.82. The van der Waals surface area contributed by atoms with E-state index in [9.17, 15) is 0 Å². The van der Waals surface area contributed by atoms with E-state index in [4.69, 9.17) is 18.6 Å². The van der Waals surface area contributed by atoms with Crippen molar-refractivity contribution in [2.45, 2.75) is 24.8 Å². The molecule has 0 aliphatic heterocycles. The number of ether oxygens (including phenoxy) is 3. The van der Waals surface area contributed by atoms with Crippen LogP contribution in [0, 0.1) is 13.8 Å². The van der Waals surface area contributed by atoms with Crippen molar-refractivity contribution >= 4 is 11.8 Å². The number of nitrogens with zero attached hydrogens (tertiary/aromatic N) is 2. The Balaban J connectivity index is 1.82. The van der Waals surface area contributed by atoms with Crippen LogP contribution in [0.2, 0.25) is 0 Å². The van der Waals surface area contributed by atoms with Crippen molar-refractivity contribution in [3.05, 3.63) is 47.0 Å². The van der Waals surface area contributed by atoms with Gasteiger partial charge in [0.25, 0.3) is 5.22 Å². The molecule has 0 atom stereocenters. The molecule has 142 valence electrons. The Morgan fingerprint density at radius 1 is 0.926 bits per heavy atom. The summed E-state index contributed by atoms with van der Waals surface area (Å²) in [6.07, 6.45) is 0. The maximum atomic E-state index is 5.82. The van der Waals surface area contributed by atoms with Gasteiger partial charge in [0.2, 0.25) is 11.6 Å². The average Bonchev–Trinajstić information content (AvgIpc) is 3.16. The van der Waals surface area contributed by atoms with E-state index in [1.165, 1.54) is 28.5 Å². The van der Waals surface area contributed by atoms with Gasteiger partial charge in [0.1, 0.15) is 0 Å². The first kappa shape index (κ1) is 19.1. The van der Waals surface area contributed by atoms with E-state index in [2.05, 4.69) is 42.2 Å². The van der Waals surface area contributed by atoms with Crippen molar-refractivity contribution in [1.29, 1.82) is 0 Å². The van der Waals surface area contributed by atoms with Gasteiger partial charge in [-0.05, 0) is 37.1 Å². The summed E-state index contributed by atoms with van der Waals surface area (Å²) in [7, 11) is 4.70. The molecule has 1 aromatic heterocycles. The van der Waals surface area contributed by atoms with Crippen LogP contribution in [0.25, 0.3) is 11.5 Å². The zero-order valence-electron chi connectivity index (χ0n) is 16.0. The lowest BCUT2D eigenvalue weighted by Crippen LogP contribution is -1.95. The number of rotatable bonds is 7. The Morgan fingerprint density at radius 3 is 2.26 bits per heavy atom. The molecule has 0 saturated carbocycles. The third kappa shape index (κ3) is 4.19. The van der Waals surface area contributed by atoms with Gasteiger partial charge in [-0.3, -0.25) is 0 Å². The Bertz CT molecular complexity index is 914. The van der Waals surface area contributed by atoms with Crippen LogP contribution >= 0.6 is 11.8 Å². The molecule has 0 fully saturated rings. The van der Waals surface area contributed by atoms with Crippen molar-refractivity contribution in [3.8, 4) is 28.7 Å². The van der Waals surface area contributed by atoms with Gasteiger partial charge in [-0.2, -0.15) is 0 Å². The largest absolute Gasteiger partial charge is 0.493 e. The second-order valence-electron chi connectivity index (χ2n) is 6.01. The van der Waals surface area contributed by atoms with E-state index < -0.39 is 0 Å². The van der Waals surface area contributed by atoms with E-state index in [0.29, 0.717) is 33.9 Å². The van der Waals surface area contributed by atoms with Crippen molar-refractivity contribution in [2.24, 2.45) is 0 Å². The smallest absolute Gasteiger partial charge is 0.277 e. The maximum absolute atomic E-state index is 5.82. The highest BCUT2D eigenvalue weighted by Crippen LogP contribution is 2.41. The molecule has 0 aliphatic rings. The highest BCUT2D eigenvalue weighted by Gasteiger charge is 2.17. The normalized spacial score (nSPS) is 10.7. The van der Waals surface area contributed by atoms with Gasteiger partial charge in [0.15, 0.2) is 11.5 Å². The van der Waals surface area contributed by atoms with Gasteiger partial charge in [-0.25, -0.2) is 0 Å². The summed E-state index contributed by atoms with van der Waals surface area (Å²) in [6, 6.07) is 9.99. The van der Waals surface area contributed by atoms with Gasteiger partial charge in [-0.1, -0.05) is 35.5 Å². The molecule has 0 spiro atoms. The first-order chi connectivity index (χ1) is 13.0. The number of hydrogen-bond acceptors (Lipinski definition) is 7. The molecule has 0 unspecified atom stereocenters. The van der Waals surface area contributed by atoms with E-state index in [1.807, 2.05) is 0 Å². The van der Waals surface area contributed by atoms with Gasteiger partial charge >= 0.3 is 0 Å². The second-order valence-corrected chi connectivity index (χ2v) is 6.93. The van der Waals surface area contributed by atoms with Crippen molar-refractivity contribution < 1.29 is 18.6 Å². The third-order valence-corrected chi connectivity index (χ3v) is 5.04. The average molecular weight is 386 g/mol. The molecule has 0 amide bonds. The van der Waals surface area contributed by atoms with Crippen LogP contribution in [-0.4, -0.2) is 31.5 Å². The summed E-state index contributed by atoms with van der Waals surface area (Å²) < 4.78 is 21.9. The van der Waals surface area contributed by atoms with Crippen LogP contribution in [-0.2, 0) is 5.75 Å². The molecule has 0 saturated heterocycles. The number of methoxy groups -OCH3 is 3. The predicted molar refractivity (Wildman–Crippen MR) is 105 cm³/mol. The number of aryl methyl sites for hydroxylation is 2. The number of thioether (sulfide) groups is 1. The molecule has 0 bridgehead atoms. The van der Waals surface area contributed by atoms with Crippen LogP contribution in [0.1, 0.15) is 16.7 Å². The standard InChI is InChI=1S/C20H22N2O4S/c1-12-6-7-13(2)15(8-12)11-27-20-22-21-19(26-20)14-9-16(23-3)18(25-5)17(10-14)24-4/h6-10H,11H2,1-5H3. The minimum absolute atomic E-state index is 0.401. The molecular formula is C20H22N2O4S. The fraction of sp³-hybridized carbons (Fsp3) is 0.300. The highest BCUT2D eigenvalue weighted by molar-refractivity contribution is 7.98.